The number of nitrogens with one attached hydrogen (secondary N) is 4. The van der Waals surface area contributed by atoms with E-state index in [1.807, 2.05) is 60.7 Å². The number of carbonyl (C=O) groups excluding carboxylic acids is 2. The third kappa shape index (κ3) is 11.8. The SMILES string of the molecule is CC(C)(C)OC(=O)N[C@H](/C=N/NC(=O)NC(c1ccccc1)c1ccccc1)CCCN/C(N)=N\[N+](=O)[O-]. The van der Waals surface area contributed by atoms with Crippen LogP contribution in [0.4, 0.5) is 9.59 Å². The number of guanidine groups is 1. The first kappa shape index (κ1) is 29.5. The molecule has 38 heavy (non-hydrogen) atoms. The molecule has 1 atom stereocenters. The molecule has 0 spiro atoms. The second kappa shape index (κ2) is 14.8. The van der Waals surface area contributed by atoms with Gasteiger partial charge in [0.1, 0.15) is 10.7 Å². The van der Waals surface area contributed by atoms with Crippen LogP contribution in [0.15, 0.2) is 70.9 Å². The maximum atomic E-state index is 12.7. The van der Waals surface area contributed by atoms with E-state index in [0.717, 1.165) is 11.1 Å². The van der Waals surface area contributed by atoms with Crippen LogP contribution in [-0.4, -0.2) is 47.5 Å². The van der Waals surface area contributed by atoms with Gasteiger partial charge in [0, 0.05) is 12.8 Å². The normalized spacial score (nSPS) is 12.6. The van der Waals surface area contributed by atoms with Crippen LogP contribution in [0, 0.1) is 10.1 Å². The molecule has 0 bridgehead atoms. The van der Waals surface area contributed by atoms with Gasteiger partial charge < -0.3 is 26.4 Å². The lowest BCUT2D eigenvalue weighted by atomic mass is 9.99. The minimum Gasteiger partial charge on any atom is -0.444 e. The van der Waals surface area contributed by atoms with Gasteiger partial charge in [0.15, 0.2) is 5.03 Å². The molecule has 0 aliphatic carbocycles. The lowest BCUT2D eigenvalue weighted by molar-refractivity contribution is -0.485. The Balaban J connectivity index is 2.01. The molecule has 3 amide bonds. The number of alkyl carbamates (subject to hydrolysis) is 1. The van der Waals surface area contributed by atoms with Gasteiger partial charge in [0.2, 0.25) is 0 Å². The second-order valence-corrected chi connectivity index (χ2v) is 9.16. The molecule has 13 heteroatoms. The van der Waals surface area contributed by atoms with Crippen molar-refractivity contribution in [2.45, 2.75) is 51.3 Å². The molecule has 13 nitrogen and oxygen atoms in total. The molecule has 2 rings (SSSR count). The molecule has 0 saturated heterocycles. The van der Waals surface area contributed by atoms with E-state index in [-0.39, 0.29) is 12.5 Å². The number of urea groups is 1. The molecule has 0 fully saturated rings. The van der Waals surface area contributed by atoms with E-state index in [1.165, 1.54) is 6.21 Å². The highest BCUT2D eigenvalue weighted by atomic mass is 16.7. The van der Waals surface area contributed by atoms with Gasteiger partial charge in [-0.2, -0.15) is 5.10 Å². The summed E-state index contributed by atoms with van der Waals surface area (Å²) in [4.78, 5) is 35.3. The van der Waals surface area contributed by atoms with Crippen LogP contribution in [0.5, 0.6) is 0 Å². The number of nitrogens with zero attached hydrogens (tertiary/aromatic N) is 3. The highest BCUT2D eigenvalue weighted by Crippen LogP contribution is 2.21. The van der Waals surface area contributed by atoms with E-state index in [2.05, 4.69) is 31.6 Å². The number of hydrogen-bond acceptors (Lipinski definition) is 6. The predicted molar refractivity (Wildman–Crippen MR) is 144 cm³/mol. The fraction of sp³-hybridized carbons (Fsp3) is 0.360. The summed E-state index contributed by atoms with van der Waals surface area (Å²) in [7, 11) is 0. The van der Waals surface area contributed by atoms with E-state index < -0.39 is 34.8 Å². The molecule has 204 valence electrons. The third-order valence-corrected chi connectivity index (χ3v) is 4.85. The van der Waals surface area contributed by atoms with E-state index >= 15 is 0 Å². The van der Waals surface area contributed by atoms with E-state index in [9.17, 15) is 19.7 Å². The Morgan fingerprint density at radius 1 is 1.05 bits per heavy atom. The Bertz CT molecular complexity index is 1060. The maximum Gasteiger partial charge on any atom is 0.408 e. The molecule has 0 aliphatic heterocycles. The molecule has 0 radical (unpaired) electrons. The Kier molecular flexibility index (Phi) is 11.5. The minimum atomic E-state index is -0.904. The lowest BCUT2D eigenvalue weighted by Gasteiger charge is -2.22. The largest absolute Gasteiger partial charge is 0.444 e. The molecule has 0 aromatic heterocycles. The standard InChI is InChI=1S/C25H34N8O5/c1-25(2,3)38-24(35)29-20(15-10-16-27-22(26)32-33(36)37)17-28-31-23(34)30-21(18-11-6-4-7-12-18)19-13-8-5-9-14-19/h4-9,11-14,17,20-21H,10,15-16H2,1-3H3,(H,29,35)(H3,26,27,32)(H2,30,31,34)/b28-17+/t20-/m0/s1. The zero-order valence-corrected chi connectivity index (χ0v) is 21.6. The molecule has 2 aromatic carbocycles. The van der Waals surface area contributed by atoms with Gasteiger partial charge in [-0.15, -0.1) is 0 Å². The summed E-state index contributed by atoms with van der Waals surface area (Å²) < 4.78 is 5.29. The van der Waals surface area contributed by atoms with E-state index in [4.69, 9.17) is 10.5 Å². The quantitative estimate of drug-likeness (QED) is 0.0979. The summed E-state index contributed by atoms with van der Waals surface area (Å²) in [5.41, 5.74) is 8.93. The second-order valence-electron chi connectivity index (χ2n) is 9.16. The first-order valence-electron chi connectivity index (χ1n) is 11.9. The lowest BCUT2D eigenvalue weighted by Crippen LogP contribution is -2.41. The first-order valence-corrected chi connectivity index (χ1v) is 11.9. The summed E-state index contributed by atoms with van der Waals surface area (Å²) in [5, 5.41) is 24.6. The zero-order chi connectivity index (χ0) is 28.0. The average Bonchev–Trinajstić information content (AvgIpc) is 2.84. The van der Waals surface area contributed by atoms with Crippen LogP contribution in [0.3, 0.4) is 0 Å². The van der Waals surface area contributed by atoms with E-state index in [1.54, 1.807) is 20.8 Å². The third-order valence-electron chi connectivity index (χ3n) is 4.85. The fourth-order valence-corrected chi connectivity index (χ4v) is 3.30. The van der Waals surface area contributed by atoms with Crippen LogP contribution in [0.1, 0.15) is 50.8 Å². The Morgan fingerprint density at radius 2 is 1.63 bits per heavy atom. The van der Waals surface area contributed by atoms with Gasteiger partial charge in [-0.1, -0.05) is 60.7 Å². The average molecular weight is 527 g/mol. The van der Waals surface area contributed by atoms with Gasteiger partial charge in [-0.05, 0) is 44.7 Å². The van der Waals surface area contributed by atoms with Crippen molar-refractivity contribution in [3.05, 3.63) is 81.9 Å². The number of nitro groups is 1. The Morgan fingerprint density at radius 3 is 2.16 bits per heavy atom. The molecule has 0 saturated carbocycles. The van der Waals surface area contributed by atoms with Crippen LogP contribution in [0.25, 0.3) is 0 Å². The van der Waals surface area contributed by atoms with Gasteiger partial charge in [-0.3, -0.25) is 0 Å². The number of benzene rings is 2. The van der Waals surface area contributed by atoms with Crippen LogP contribution >= 0.6 is 0 Å². The molecule has 0 heterocycles. The molecule has 0 aliphatic rings. The smallest absolute Gasteiger partial charge is 0.408 e. The number of rotatable bonds is 11. The van der Waals surface area contributed by atoms with Gasteiger partial charge in [0.25, 0.3) is 5.96 Å². The van der Waals surface area contributed by atoms with Crippen molar-refractivity contribution in [1.29, 1.82) is 0 Å². The summed E-state index contributed by atoms with van der Waals surface area (Å²) in [5.74, 6) is -0.329. The van der Waals surface area contributed by atoms with Crippen LogP contribution < -0.4 is 27.1 Å². The summed E-state index contributed by atoms with van der Waals surface area (Å²) in [6, 6.07) is 17.5. The van der Waals surface area contributed by atoms with Gasteiger partial charge in [0.05, 0.1) is 12.1 Å². The van der Waals surface area contributed by atoms with Crippen molar-refractivity contribution < 1.29 is 19.4 Å². The summed E-state index contributed by atoms with van der Waals surface area (Å²) in [6.07, 6.45) is 1.52. The summed E-state index contributed by atoms with van der Waals surface area (Å²) >= 11 is 0. The Labute approximate surface area is 221 Å². The number of amides is 3. The molecule has 2 aromatic rings. The van der Waals surface area contributed by atoms with Crippen molar-refractivity contribution >= 4 is 24.3 Å². The highest BCUT2D eigenvalue weighted by Gasteiger charge is 2.19. The first-order chi connectivity index (χ1) is 18.0. The minimum absolute atomic E-state index is 0.257. The van der Waals surface area contributed by atoms with Crippen molar-refractivity contribution in [2.75, 3.05) is 6.54 Å². The molecule has 0 unspecified atom stereocenters. The molecular formula is C25H34N8O5. The fourth-order valence-electron chi connectivity index (χ4n) is 3.30. The number of carbonyl (C=O) groups is 2. The predicted octanol–water partition coefficient (Wildman–Crippen LogP) is 2.83. The van der Waals surface area contributed by atoms with Gasteiger partial charge >= 0.3 is 12.1 Å². The number of hydrogen-bond donors (Lipinski definition) is 5. The van der Waals surface area contributed by atoms with Gasteiger partial charge in [-0.25, -0.2) is 25.1 Å². The topological polar surface area (TPSA) is 185 Å². The van der Waals surface area contributed by atoms with Crippen molar-refractivity contribution in [1.82, 2.24) is 21.4 Å². The zero-order valence-electron chi connectivity index (χ0n) is 21.6. The van der Waals surface area contributed by atoms with Crippen LogP contribution in [0.2, 0.25) is 0 Å². The van der Waals surface area contributed by atoms with Crippen molar-refractivity contribution in [2.24, 2.45) is 15.9 Å². The maximum absolute atomic E-state index is 12.7. The highest BCUT2D eigenvalue weighted by molar-refractivity contribution is 5.79. The van der Waals surface area contributed by atoms with E-state index in [0.29, 0.717) is 12.8 Å². The van der Waals surface area contributed by atoms with Crippen LogP contribution in [-0.2, 0) is 4.74 Å². The number of ether oxygens (including phenoxy) is 1. The molecular weight excluding hydrogens is 492 g/mol. The monoisotopic (exact) mass is 526 g/mol. The summed E-state index contributed by atoms with van der Waals surface area (Å²) in [6.45, 7) is 5.46. The number of nitrogens with two attached hydrogens (primary N) is 1. The van der Waals surface area contributed by atoms with Crippen molar-refractivity contribution in [3.8, 4) is 0 Å². The van der Waals surface area contributed by atoms with Crippen molar-refractivity contribution in [3.63, 3.8) is 0 Å². The Hall–Kier alpha value is -4.68. The number of hydrazone groups is 2. The molecule has 6 N–H and O–H groups in total.